The smallest absolute Gasteiger partial charge is 0.270 e. The van der Waals surface area contributed by atoms with Gasteiger partial charge in [0, 0.05) is 37.5 Å². The molecule has 0 radical (unpaired) electrons. The summed E-state index contributed by atoms with van der Waals surface area (Å²) in [5, 5.41) is 2.71. The molecule has 2 aliphatic heterocycles. The van der Waals surface area contributed by atoms with E-state index in [1.165, 1.54) is 12.5 Å². The number of fused-ring (bicyclic) bond motifs is 2. The number of amides is 2. The Morgan fingerprint density at radius 1 is 1.17 bits per heavy atom. The normalized spacial score (nSPS) is 17.4. The third-order valence-electron chi connectivity index (χ3n) is 6.01. The van der Waals surface area contributed by atoms with E-state index in [0.717, 1.165) is 29.7 Å². The van der Waals surface area contributed by atoms with Crippen molar-refractivity contribution in [3.63, 3.8) is 0 Å². The highest BCUT2D eigenvalue weighted by Gasteiger charge is 2.44. The molecule has 156 valence electrons. The van der Waals surface area contributed by atoms with Gasteiger partial charge in [0.05, 0.1) is 6.61 Å². The van der Waals surface area contributed by atoms with Crippen molar-refractivity contribution in [2.24, 2.45) is 5.73 Å². The number of nitrogens with two attached hydrogens (primary N) is 1. The highest BCUT2D eigenvalue weighted by atomic mass is 16.5. The molecule has 0 aliphatic carbocycles. The lowest BCUT2D eigenvalue weighted by molar-refractivity contribution is -0.130. The van der Waals surface area contributed by atoms with Gasteiger partial charge in [-0.2, -0.15) is 0 Å². The van der Waals surface area contributed by atoms with Crippen LogP contribution >= 0.6 is 0 Å². The monoisotopic (exact) mass is 405 g/mol. The number of carbonyl (C=O) groups is 2. The van der Waals surface area contributed by atoms with Gasteiger partial charge in [0.25, 0.3) is 5.91 Å². The topological polar surface area (TPSA) is 84.7 Å². The maximum Gasteiger partial charge on any atom is 0.270 e. The van der Waals surface area contributed by atoms with Crippen LogP contribution in [0, 0.1) is 0 Å². The molecule has 0 atom stereocenters. The summed E-state index contributed by atoms with van der Waals surface area (Å²) < 4.78 is 5.95. The zero-order chi connectivity index (χ0) is 21.1. The number of nitrogens with one attached hydrogen (secondary N) is 1. The molecule has 2 aromatic rings. The number of piperidine rings is 1. The van der Waals surface area contributed by atoms with E-state index in [0.29, 0.717) is 31.9 Å². The van der Waals surface area contributed by atoms with E-state index in [9.17, 15) is 9.59 Å². The first-order valence-electron chi connectivity index (χ1n) is 10.3. The molecule has 1 fully saturated rings. The molecule has 30 heavy (non-hydrogen) atoms. The molecule has 2 aromatic carbocycles. The van der Waals surface area contributed by atoms with Gasteiger partial charge in [-0.05, 0) is 36.1 Å². The van der Waals surface area contributed by atoms with Crippen LogP contribution in [0.4, 0.5) is 0 Å². The largest absolute Gasteiger partial charge is 0.492 e. The average molecular weight is 405 g/mol. The summed E-state index contributed by atoms with van der Waals surface area (Å²) in [6.07, 6.45) is 3.37. The Balaban J connectivity index is 1.52. The molecule has 3 N–H and O–H groups in total. The number of rotatable bonds is 4. The fraction of sp³-hybridized carbons (Fsp3) is 0.333. The Labute approximate surface area is 176 Å². The van der Waals surface area contributed by atoms with Crippen LogP contribution in [0.25, 0.3) is 6.08 Å². The number of hydrogen-bond donors (Lipinski definition) is 2. The summed E-state index contributed by atoms with van der Waals surface area (Å²) in [7, 11) is 0. The third-order valence-corrected chi connectivity index (χ3v) is 6.01. The molecule has 0 unspecified atom stereocenters. The van der Waals surface area contributed by atoms with Crippen molar-refractivity contribution in [3.8, 4) is 5.75 Å². The molecule has 6 heteroatoms. The summed E-state index contributed by atoms with van der Waals surface area (Å²) in [6, 6.07) is 15.7. The van der Waals surface area contributed by atoms with E-state index >= 15 is 0 Å². The Morgan fingerprint density at radius 2 is 1.90 bits per heavy atom. The fourth-order valence-electron chi connectivity index (χ4n) is 4.32. The molecule has 2 amide bonds. The highest BCUT2D eigenvalue weighted by molar-refractivity contribution is 6.01. The first-order chi connectivity index (χ1) is 14.5. The molecule has 4 rings (SSSR count). The van der Waals surface area contributed by atoms with Crippen molar-refractivity contribution >= 4 is 17.9 Å². The second-order valence-corrected chi connectivity index (χ2v) is 8.05. The quantitative estimate of drug-likeness (QED) is 0.766. The molecular weight excluding hydrogens is 378 g/mol. The Kier molecular flexibility index (Phi) is 5.59. The van der Waals surface area contributed by atoms with Gasteiger partial charge in [0.2, 0.25) is 5.91 Å². The van der Waals surface area contributed by atoms with E-state index < -0.39 is 0 Å². The number of carbonyl (C=O) groups excluding carboxylic acids is 2. The van der Waals surface area contributed by atoms with Crippen molar-refractivity contribution in [2.45, 2.75) is 31.7 Å². The minimum atomic E-state index is -0.258. The van der Waals surface area contributed by atoms with Crippen LogP contribution in [0.3, 0.4) is 0 Å². The van der Waals surface area contributed by atoms with Gasteiger partial charge in [0.15, 0.2) is 0 Å². The first-order valence-corrected chi connectivity index (χ1v) is 10.3. The van der Waals surface area contributed by atoms with Crippen LogP contribution in [-0.4, -0.2) is 36.4 Å². The van der Waals surface area contributed by atoms with Crippen molar-refractivity contribution in [1.82, 2.24) is 10.2 Å². The van der Waals surface area contributed by atoms with E-state index in [4.69, 9.17) is 10.5 Å². The molecule has 0 aromatic heterocycles. The second kappa shape index (κ2) is 8.32. The summed E-state index contributed by atoms with van der Waals surface area (Å²) in [4.78, 5) is 26.7. The zero-order valence-corrected chi connectivity index (χ0v) is 17.2. The molecule has 1 saturated heterocycles. The lowest BCUT2D eigenvalue weighted by Gasteiger charge is -2.39. The fourth-order valence-corrected chi connectivity index (χ4v) is 4.32. The van der Waals surface area contributed by atoms with Gasteiger partial charge < -0.3 is 20.7 Å². The third kappa shape index (κ3) is 3.96. The van der Waals surface area contributed by atoms with Gasteiger partial charge >= 0.3 is 0 Å². The van der Waals surface area contributed by atoms with Gasteiger partial charge in [-0.1, -0.05) is 42.5 Å². The van der Waals surface area contributed by atoms with Crippen LogP contribution < -0.4 is 15.8 Å². The first kappa shape index (κ1) is 20.2. The number of nitrogens with zero attached hydrogens (tertiary/aromatic N) is 1. The van der Waals surface area contributed by atoms with Crippen LogP contribution in [0.2, 0.25) is 0 Å². The maximum atomic E-state index is 13.2. The zero-order valence-electron chi connectivity index (χ0n) is 17.2. The molecule has 1 spiro atoms. The number of likely N-dealkylation sites (tertiary alicyclic amines) is 1. The SMILES string of the molecule is CC(=O)NC(=Cc1ccccc1)C(=O)N1CCC2(CC1)COc1ccc(CN)cc12. The van der Waals surface area contributed by atoms with Crippen LogP contribution in [0.1, 0.15) is 36.5 Å². The van der Waals surface area contributed by atoms with E-state index in [2.05, 4.69) is 11.4 Å². The van der Waals surface area contributed by atoms with Crippen LogP contribution in [0.5, 0.6) is 5.75 Å². The Hall–Kier alpha value is -3.12. The van der Waals surface area contributed by atoms with Crippen molar-refractivity contribution < 1.29 is 14.3 Å². The van der Waals surface area contributed by atoms with E-state index in [-0.39, 0.29) is 17.2 Å². The summed E-state index contributed by atoms with van der Waals surface area (Å²) in [5.41, 5.74) is 9.23. The predicted molar refractivity (Wildman–Crippen MR) is 116 cm³/mol. The predicted octanol–water partition coefficient (Wildman–Crippen LogP) is 2.58. The summed E-state index contributed by atoms with van der Waals surface area (Å²) >= 11 is 0. The van der Waals surface area contributed by atoms with Crippen molar-refractivity contribution in [2.75, 3.05) is 19.7 Å². The van der Waals surface area contributed by atoms with Gasteiger partial charge in [-0.25, -0.2) is 0 Å². The van der Waals surface area contributed by atoms with Crippen molar-refractivity contribution in [3.05, 3.63) is 70.9 Å². The van der Waals surface area contributed by atoms with Crippen LogP contribution in [-0.2, 0) is 21.5 Å². The average Bonchev–Trinajstić information content (AvgIpc) is 3.11. The molecule has 0 saturated carbocycles. The summed E-state index contributed by atoms with van der Waals surface area (Å²) in [5.74, 6) is 0.514. The number of hydrogen-bond acceptors (Lipinski definition) is 4. The highest BCUT2D eigenvalue weighted by Crippen LogP contribution is 2.45. The lowest BCUT2D eigenvalue weighted by atomic mass is 9.74. The maximum absolute atomic E-state index is 13.2. The second-order valence-electron chi connectivity index (χ2n) is 8.05. The minimum Gasteiger partial charge on any atom is -0.492 e. The summed E-state index contributed by atoms with van der Waals surface area (Å²) in [6.45, 7) is 3.77. The molecule has 6 nitrogen and oxygen atoms in total. The Bertz CT molecular complexity index is 976. The number of benzene rings is 2. The Morgan fingerprint density at radius 3 is 2.57 bits per heavy atom. The van der Waals surface area contributed by atoms with E-state index in [1.807, 2.05) is 47.4 Å². The lowest BCUT2D eigenvalue weighted by Crippen LogP contribution is -2.47. The van der Waals surface area contributed by atoms with Gasteiger partial charge in [-0.15, -0.1) is 0 Å². The van der Waals surface area contributed by atoms with Crippen LogP contribution in [0.15, 0.2) is 54.2 Å². The van der Waals surface area contributed by atoms with Gasteiger partial charge in [0.1, 0.15) is 11.4 Å². The minimum absolute atomic E-state index is 0.0748. The molecular formula is C24H27N3O3. The van der Waals surface area contributed by atoms with Gasteiger partial charge in [-0.3, -0.25) is 9.59 Å². The standard InChI is InChI=1S/C24H27N3O3/c1-17(28)26-21(14-18-5-3-2-4-6-18)23(29)27-11-9-24(10-12-27)16-30-22-8-7-19(15-25)13-20(22)24/h2-8,13-14H,9-12,15-16,25H2,1H3,(H,26,28). The van der Waals surface area contributed by atoms with E-state index in [1.54, 1.807) is 6.08 Å². The molecule has 2 heterocycles. The molecule has 2 aliphatic rings. The molecule has 0 bridgehead atoms. The van der Waals surface area contributed by atoms with Crippen molar-refractivity contribution in [1.29, 1.82) is 0 Å². The number of ether oxygens (including phenoxy) is 1.